The molecule has 126 valence electrons. The monoisotopic (exact) mass is 338 g/mol. The van der Waals surface area contributed by atoms with E-state index in [9.17, 15) is 19.2 Å². The first-order valence-corrected chi connectivity index (χ1v) is 6.51. The number of aliphatic hydroxyl groups excluding tert-OH is 1. The number of carbonyl (C=O) groups excluding carboxylic acids is 2. The van der Waals surface area contributed by atoms with Crippen LogP contribution < -0.4 is 5.43 Å². The molecule has 4 N–H and O–H groups in total. The Labute approximate surface area is 131 Å². The highest BCUT2D eigenvalue weighted by molar-refractivity contribution is 7.52. The largest absolute Gasteiger partial charge is 0.480 e. The van der Waals surface area contributed by atoms with Crippen molar-refractivity contribution in [2.45, 2.75) is 32.4 Å². The third-order valence-electron chi connectivity index (χ3n) is 2.72. The van der Waals surface area contributed by atoms with Crippen molar-refractivity contribution in [3.63, 3.8) is 0 Å². The molecule has 0 bridgehead atoms. The van der Waals surface area contributed by atoms with Gasteiger partial charge in [-0.2, -0.15) is 5.43 Å². The van der Waals surface area contributed by atoms with E-state index in [4.69, 9.17) is 28.1 Å². The van der Waals surface area contributed by atoms with Gasteiger partial charge in [-0.05, 0) is 0 Å². The van der Waals surface area contributed by atoms with E-state index >= 15 is 0 Å². The predicted molar refractivity (Wildman–Crippen MR) is 72.6 cm³/mol. The van der Waals surface area contributed by atoms with Gasteiger partial charge in [0.15, 0.2) is 6.04 Å². The lowest BCUT2D eigenvalue weighted by Gasteiger charge is -2.44. The number of carboxylic acid groups (broad SMARTS) is 2. The molecule has 0 heterocycles. The van der Waals surface area contributed by atoms with Crippen molar-refractivity contribution >= 4 is 36.6 Å². The van der Waals surface area contributed by atoms with Crippen LogP contribution >= 0.6 is 0 Å². The number of quaternary nitrogens is 1. The molecule has 0 saturated carbocycles. The lowest BCUT2D eigenvalue weighted by molar-refractivity contribution is -0.787. The van der Waals surface area contributed by atoms with E-state index in [1.165, 1.54) is 0 Å². The standard InChI is InChI=1S/C11H18N2O8S/c1-6(15)13(22,9(5-14)11(19)20)12-8(10(17)18)3-4-21-7(2)16/h8-9,12,14H,3-5H2,1-2H3,(H,17,18)(H,19,20)/t8-,9-,13?/m0/s1. The summed E-state index contributed by atoms with van der Waals surface area (Å²) in [6.45, 7) is 0.875. The van der Waals surface area contributed by atoms with Crippen molar-refractivity contribution in [1.29, 1.82) is 0 Å². The van der Waals surface area contributed by atoms with Crippen LogP contribution in [0.1, 0.15) is 20.3 Å². The molecule has 22 heavy (non-hydrogen) atoms. The molecule has 1 amide bonds. The first kappa shape index (κ1) is 20.3. The first-order chi connectivity index (χ1) is 10.1. The van der Waals surface area contributed by atoms with Gasteiger partial charge in [-0.15, -0.1) is 0 Å². The molecule has 0 saturated heterocycles. The molecule has 11 heteroatoms. The van der Waals surface area contributed by atoms with E-state index in [-0.39, 0.29) is 13.0 Å². The summed E-state index contributed by atoms with van der Waals surface area (Å²) in [7, 11) is 0. The summed E-state index contributed by atoms with van der Waals surface area (Å²) in [5, 5.41) is 27.2. The second-order valence-corrected chi connectivity index (χ2v) is 4.94. The summed E-state index contributed by atoms with van der Waals surface area (Å²) in [6, 6.07) is -3.21. The zero-order valence-electron chi connectivity index (χ0n) is 12.0. The van der Waals surface area contributed by atoms with Crippen molar-refractivity contribution in [3.8, 4) is 0 Å². The van der Waals surface area contributed by atoms with E-state index in [1.54, 1.807) is 0 Å². The van der Waals surface area contributed by atoms with Gasteiger partial charge in [0.1, 0.15) is 6.61 Å². The maximum Gasteiger partial charge on any atom is 0.365 e. The second kappa shape index (κ2) is 8.68. The number of ether oxygens (including phenoxy) is 1. The van der Waals surface area contributed by atoms with Crippen molar-refractivity contribution in [1.82, 2.24) is 5.43 Å². The van der Waals surface area contributed by atoms with Crippen LogP contribution in [0.4, 0.5) is 0 Å². The van der Waals surface area contributed by atoms with Crippen molar-refractivity contribution in [2.75, 3.05) is 13.2 Å². The van der Waals surface area contributed by atoms with Crippen molar-refractivity contribution < 1.29 is 43.2 Å². The summed E-state index contributed by atoms with van der Waals surface area (Å²) in [4.78, 5) is 44.6. The minimum Gasteiger partial charge on any atom is -0.480 e. The molecule has 0 spiro atoms. The van der Waals surface area contributed by atoms with Gasteiger partial charge in [-0.3, -0.25) is 13.6 Å². The molecule has 0 aliphatic rings. The molecule has 3 atom stereocenters. The average molecular weight is 338 g/mol. The van der Waals surface area contributed by atoms with Crippen molar-refractivity contribution in [3.05, 3.63) is 0 Å². The van der Waals surface area contributed by atoms with Crippen LogP contribution in [0.3, 0.4) is 0 Å². The van der Waals surface area contributed by atoms with Crippen LogP contribution in [0.25, 0.3) is 0 Å². The highest BCUT2D eigenvalue weighted by Gasteiger charge is 2.40. The highest BCUT2D eigenvalue weighted by Crippen LogP contribution is 2.12. The number of amides is 1. The van der Waals surface area contributed by atoms with Crippen LogP contribution in [0.5, 0.6) is 0 Å². The van der Waals surface area contributed by atoms with Crippen LogP contribution in [0.2, 0.25) is 0 Å². The van der Waals surface area contributed by atoms with Crippen LogP contribution in [-0.4, -0.2) is 68.4 Å². The number of carboxylic acids is 2. The maximum atomic E-state index is 11.7. The summed E-state index contributed by atoms with van der Waals surface area (Å²) in [5.74, 6) is -4.48. The van der Waals surface area contributed by atoms with E-state index in [0.717, 1.165) is 13.8 Å². The number of aliphatic carboxylic acids is 2. The summed E-state index contributed by atoms with van der Waals surface area (Å²) >= 11 is 4.89. The van der Waals surface area contributed by atoms with Gasteiger partial charge in [-0.25, -0.2) is 9.59 Å². The zero-order valence-corrected chi connectivity index (χ0v) is 12.8. The summed E-state index contributed by atoms with van der Waals surface area (Å²) in [5.41, 5.74) is 2.21. The number of hydrogen-bond acceptors (Lipinski definition) is 8. The normalized spacial score (nSPS) is 16.2. The predicted octanol–water partition coefficient (Wildman–Crippen LogP) is -1.83. The highest BCUT2D eigenvalue weighted by atomic mass is 32.1. The third kappa shape index (κ3) is 5.60. The first-order valence-electron chi connectivity index (χ1n) is 6.14. The number of rotatable bonds is 9. The van der Waals surface area contributed by atoms with Crippen LogP contribution in [-0.2, 0) is 36.7 Å². The number of nitrogens with zero attached hydrogens (tertiary/aromatic N) is 1. The van der Waals surface area contributed by atoms with Crippen LogP contribution in [0, 0.1) is 0 Å². The average Bonchev–Trinajstić information content (AvgIpc) is 2.36. The molecule has 10 nitrogen and oxygen atoms in total. The molecular weight excluding hydrogens is 320 g/mol. The number of nitrogens with one attached hydrogen (secondary N) is 1. The molecule has 0 aromatic carbocycles. The number of carbonyl (C=O) groups is 4. The van der Waals surface area contributed by atoms with Gasteiger partial charge in [0.05, 0.1) is 13.5 Å². The molecule has 0 aliphatic heterocycles. The van der Waals surface area contributed by atoms with Gasteiger partial charge in [0.25, 0.3) is 0 Å². The molecule has 0 aromatic heterocycles. The van der Waals surface area contributed by atoms with E-state index in [2.05, 4.69) is 10.2 Å². The molecule has 0 rings (SSSR count). The van der Waals surface area contributed by atoms with Gasteiger partial charge < -0.3 is 32.9 Å². The van der Waals surface area contributed by atoms with Gasteiger partial charge in [0.2, 0.25) is 6.04 Å². The van der Waals surface area contributed by atoms with Gasteiger partial charge in [0, 0.05) is 13.3 Å². The zero-order chi connectivity index (χ0) is 17.5. The number of aliphatic hydroxyl groups is 1. The number of esters is 1. The van der Waals surface area contributed by atoms with Gasteiger partial charge in [-0.1, -0.05) is 0 Å². The Morgan fingerprint density at radius 2 is 1.73 bits per heavy atom. The minimum absolute atomic E-state index is 0.239. The van der Waals surface area contributed by atoms with Gasteiger partial charge >= 0.3 is 23.8 Å². The topological polar surface area (TPSA) is 150 Å². The molecule has 0 aliphatic carbocycles. The lowest BCUT2D eigenvalue weighted by Crippen LogP contribution is -2.69. The fraction of sp³-hybridized carbons (Fsp3) is 0.636. The Bertz CT molecular complexity index is 457. The lowest BCUT2D eigenvalue weighted by atomic mass is 10.2. The van der Waals surface area contributed by atoms with E-state index in [1.807, 2.05) is 0 Å². The maximum absolute atomic E-state index is 11.7. The molecule has 0 radical (unpaired) electrons. The Kier molecular flexibility index (Phi) is 8.01. The summed E-state index contributed by atoms with van der Waals surface area (Å²) in [6.07, 6.45) is -0.239. The fourth-order valence-corrected chi connectivity index (χ4v) is 1.83. The Morgan fingerprint density at radius 3 is 2.05 bits per heavy atom. The molecule has 0 aromatic rings. The minimum atomic E-state index is -1.76. The number of hydrogen-bond donors (Lipinski definition) is 4. The summed E-state index contributed by atoms with van der Waals surface area (Å²) < 4.78 is 3.17. The van der Waals surface area contributed by atoms with E-state index in [0.29, 0.717) is 0 Å². The smallest absolute Gasteiger partial charge is 0.365 e. The fourth-order valence-electron chi connectivity index (χ4n) is 1.54. The Hall–Kier alpha value is -1.69. The molecule has 1 unspecified atom stereocenters. The second-order valence-electron chi connectivity index (χ2n) is 4.36. The van der Waals surface area contributed by atoms with Crippen LogP contribution in [0.15, 0.2) is 0 Å². The molecular formula is C11H18N2O8S. The Balaban J connectivity index is 5.23. The SMILES string of the molecule is CC(=O)OCC[C@H](N[N+]([S-])(C(C)=O)[C@@H](CO)C(=O)O)C(=O)O. The quantitative estimate of drug-likeness (QED) is 0.163. The molecule has 0 fully saturated rings. The van der Waals surface area contributed by atoms with E-state index < -0.39 is 46.5 Å². The Morgan fingerprint density at radius 1 is 1.18 bits per heavy atom. The third-order valence-corrected chi connectivity index (χ3v) is 3.34. The van der Waals surface area contributed by atoms with Crippen molar-refractivity contribution in [2.24, 2.45) is 0 Å².